The first-order valence-corrected chi connectivity index (χ1v) is 7.12. The van der Waals surface area contributed by atoms with Crippen molar-refractivity contribution in [1.82, 2.24) is 4.90 Å². The molecule has 0 aliphatic heterocycles. The van der Waals surface area contributed by atoms with Gasteiger partial charge >= 0.3 is 5.97 Å². The lowest BCUT2D eigenvalue weighted by Gasteiger charge is -2.26. The Kier molecular flexibility index (Phi) is 4.99. The molecule has 0 spiro atoms. The molecule has 1 aromatic heterocycles. The quantitative estimate of drug-likeness (QED) is 0.890. The van der Waals surface area contributed by atoms with E-state index in [4.69, 9.17) is 4.42 Å². The van der Waals surface area contributed by atoms with Crippen molar-refractivity contribution < 1.29 is 19.1 Å². The van der Waals surface area contributed by atoms with Crippen LogP contribution in [0, 0.1) is 0 Å². The molecule has 22 heavy (non-hydrogen) atoms. The predicted molar refractivity (Wildman–Crippen MR) is 81.5 cm³/mol. The highest BCUT2D eigenvalue weighted by Crippen LogP contribution is 2.15. The van der Waals surface area contributed by atoms with Gasteiger partial charge in [-0.3, -0.25) is 4.79 Å². The summed E-state index contributed by atoms with van der Waals surface area (Å²) in [5.41, 5.74) is 0.683. The zero-order chi connectivity index (χ0) is 16.1. The van der Waals surface area contributed by atoms with E-state index in [9.17, 15) is 14.7 Å². The van der Waals surface area contributed by atoms with E-state index in [2.05, 4.69) is 0 Å². The highest BCUT2D eigenvalue weighted by atomic mass is 16.4. The van der Waals surface area contributed by atoms with Gasteiger partial charge in [0.2, 0.25) is 5.91 Å². The first kappa shape index (κ1) is 15.8. The maximum Gasteiger partial charge on any atom is 0.335 e. The fourth-order valence-electron chi connectivity index (χ4n) is 2.28. The smallest absolute Gasteiger partial charge is 0.335 e. The summed E-state index contributed by atoms with van der Waals surface area (Å²) >= 11 is 0. The third-order valence-corrected chi connectivity index (χ3v) is 3.44. The van der Waals surface area contributed by atoms with E-state index in [1.165, 1.54) is 6.07 Å². The number of hydrogen-bond donors (Lipinski definition) is 1. The molecule has 0 aliphatic carbocycles. The molecule has 0 unspecified atom stereocenters. The van der Waals surface area contributed by atoms with Gasteiger partial charge in [0.05, 0.1) is 24.8 Å². The lowest BCUT2D eigenvalue weighted by molar-refractivity contribution is -0.133. The molecule has 0 saturated heterocycles. The van der Waals surface area contributed by atoms with Crippen LogP contribution in [0.25, 0.3) is 0 Å². The number of benzene rings is 1. The van der Waals surface area contributed by atoms with Crippen molar-refractivity contribution in [3.8, 4) is 0 Å². The Hall–Kier alpha value is -2.56. The van der Waals surface area contributed by atoms with Gasteiger partial charge in [-0.25, -0.2) is 4.79 Å². The maximum atomic E-state index is 12.5. The topological polar surface area (TPSA) is 70.8 Å². The van der Waals surface area contributed by atoms with Crippen LogP contribution in [0.3, 0.4) is 0 Å². The summed E-state index contributed by atoms with van der Waals surface area (Å²) in [4.78, 5) is 25.4. The Labute approximate surface area is 129 Å². The molecule has 5 heteroatoms. The van der Waals surface area contributed by atoms with Gasteiger partial charge in [-0.1, -0.05) is 18.2 Å². The van der Waals surface area contributed by atoms with Crippen molar-refractivity contribution >= 4 is 11.9 Å². The normalized spacial score (nSPS) is 10.7. The summed E-state index contributed by atoms with van der Waals surface area (Å²) < 4.78 is 5.29. The lowest BCUT2D eigenvalue weighted by Crippen LogP contribution is -2.37. The summed E-state index contributed by atoms with van der Waals surface area (Å²) in [6, 6.07) is 10.2. The number of carbonyl (C=O) groups is 2. The van der Waals surface area contributed by atoms with Crippen molar-refractivity contribution in [2.24, 2.45) is 0 Å². The van der Waals surface area contributed by atoms with Crippen LogP contribution in [0.2, 0.25) is 0 Å². The Balaban J connectivity index is 2.17. The molecule has 1 amide bonds. The van der Waals surface area contributed by atoms with Gasteiger partial charge in [0.25, 0.3) is 0 Å². The number of amides is 1. The molecule has 1 heterocycles. The van der Waals surface area contributed by atoms with Crippen molar-refractivity contribution in [2.75, 3.05) is 0 Å². The van der Waals surface area contributed by atoms with E-state index in [1.807, 2.05) is 19.9 Å². The van der Waals surface area contributed by atoms with Crippen molar-refractivity contribution in [1.29, 1.82) is 0 Å². The average molecular weight is 301 g/mol. The molecule has 2 rings (SSSR count). The predicted octanol–water partition coefficient (Wildman–Crippen LogP) is 2.96. The number of carboxylic acid groups (broad SMARTS) is 1. The number of hydrogen-bond acceptors (Lipinski definition) is 3. The first-order chi connectivity index (χ1) is 10.5. The van der Waals surface area contributed by atoms with Gasteiger partial charge in [0.15, 0.2) is 0 Å². The number of carboxylic acids is 1. The van der Waals surface area contributed by atoms with Crippen LogP contribution in [-0.4, -0.2) is 27.9 Å². The second-order valence-electron chi connectivity index (χ2n) is 5.33. The Morgan fingerprint density at radius 2 is 1.91 bits per heavy atom. The van der Waals surface area contributed by atoms with Crippen LogP contribution < -0.4 is 0 Å². The molecular weight excluding hydrogens is 282 g/mol. The first-order valence-electron chi connectivity index (χ1n) is 7.12. The number of aromatic carboxylic acids is 1. The van der Waals surface area contributed by atoms with Gasteiger partial charge < -0.3 is 14.4 Å². The van der Waals surface area contributed by atoms with Crippen molar-refractivity contribution in [3.63, 3.8) is 0 Å². The highest BCUT2D eigenvalue weighted by Gasteiger charge is 2.21. The second kappa shape index (κ2) is 6.93. The monoisotopic (exact) mass is 301 g/mol. The summed E-state index contributed by atoms with van der Waals surface area (Å²) in [5.74, 6) is -0.445. The van der Waals surface area contributed by atoms with Crippen LogP contribution in [0.5, 0.6) is 0 Å². The molecule has 0 saturated carbocycles. The van der Waals surface area contributed by atoms with Gasteiger partial charge in [0.1, 0.15) is 5.76 Å². The Morgan fingerprint density at radius 3 is 2.50 bits per heavy atom. The second-order valence-corrected chi connectivity index (χ2v) is 5.33. The van der Waals surface area contributed by atoms with Gasteiger partial charge in [-0.05, 0) is 37.6 Å². The number of carbonyl (C=O) groups excluding carboxylic acids is 1. The summed E-state index contributed by atoms with van der Waals surface area (Å²) in [5, 5.41) is 9.19. The molecule has 2 aromatic rings. The Bertz CT molecular complexity index is 646. The standard InChI is InChI=1S/C17H19NO4/c1-12(2)18(11-14-7-5-9-22-14)16(19)10-13-6-3-4-8-15(13)17(20)21/h3-9,12H,10-11H2,1-2H3,(H,20,21). The molecule has 0 radical (unpaired) electrons. The van der Waals surface area contributed by atoms with E-state index in [1.54, 1.807) is 35.4 Å². The van der Waals surface area contributed by atoms with Crippen LogP contribution >= 0.6 is 0 Å². The summed E-state index contributed by atoms with van der Waals surface area (Å²) in [6.45, 7) is 4.21. The van der Waals surface area contributed by atoms with E-state index < -0.39 is 5.97 Å². The summed E-state index contributed by atoms with van der Waals surface area (Å²) in [7, 11) is 0. The lowest BCUT2D eigenvalue weighted by atomic mass is 10.0. The zero-order valence-corrected chi connectivity index (χ0v) is 12.7. The summed E-state index contributed by atoms with van der Waals surface area (Å²) in [6.07, 6.45) is 1.62. The largest absolute Gasteiger partial charge is 0.478 e. The SMILES string of the molecule is CC(C)N(Cc1ccco1)C(=O)Cc1ccccc1C(=O)O. The van der Waals surface area contributed by atoms with Gasteiger partial charge in [-0.2, -0.15) is 0 Å². The molecule has 1 aromatic carbocycles. The van der Waals surface area contributed by atoms with E-state index in [0.29, 0.717) is 17.9 Å². The molecule has 0 fully saturated rings. The van der Waals surface area contributed by atoms with E-state index in [0.717, 1.165) is 0 Å². The fraction of sp³-hybridized carbons (Fsp3) is 0.294. The van der Waals surface area contributed by atoms with E-state index in [-0.39, 0.29) is 23.9 Å². The minimum atomic E-state index is -1.02. The molecule has 0 bridgehead atoms. The Morgan fingerprint density at radius 1 is 1.18 bits per heavy atom. The number of furan rings is 1. The third-order valence-electron chi connectivity index (χ3n) is 3.44. The molecule has 116 valence electrons. The molecule has 5 nitrogen and oxygen atoms in total. The molecule has 1 N–H and O–H groups in total. The van der Waals surface area contributed by atoms with Gasteiger partial charge in [0, 0.05) is 6.04 Å². The van der Waals surface area contributed by atoms with Crippen LogP contribution in [0.1, 0.15) is 35.5 Å². The van der Waals surface area contributed by atoms with Crippen molar-refractivity contribution in [2.45, 2.75) is 32.9 Å². The molecular formula is C17H19NO4. The van der Waals surface area contributed by atoms with Crippen LogP contribution in [0.4, 0.5) is 0 Å². The third kappa shape index (κ3) is 3.75. The minimum absolute atomic E-state index is 0.00501. The van der Waals surface area contributed by atoms with Crippen molar-refractivity contribution in [3.05, 3.63) is 59.5 Å². The number of rotatable bonds is 6. The van der Waals surface area contributed by atoms with Crippen LogP contribution in [0.15, 0.2) is 47.1 Å². The average Bonchev–Trinajstić information content (AvgIpc) is 2.97. The minimum Gasteiger partial charge on any atom is -0.478 e. The molecule has 0 aliphatic rings. The highest BCUT2D eigenvalue weighted by molar-refractivity contribution is 5.91. The zero-order valence-electron chi connectivity index (χ0n) is 12.7. The van der Waals surface area contributed by atoms with Gasteiger partial charge in [-0.15, -0.1) is 0 Å². The fourth-order valence-corrected chi connectivity index (χ4v) is 2.28. The van der Waals surface area contributed by atoms with E-state index >= 15 is 0 Å². The molecule has 0 atom stereocenters. The van der Waals surface area contributed by atoms with Crippen LogP contribution in [-0.2, 0) is 17.8 Å². The number of nitrogens with zero attached hydrogens (tertiary/aromatic N) is 1. The maximum absolute atomic E-state index is 12.5.